The van der Waals surface area contributed by atoms with Crippen LogP contribution < -0.4 is 10.8 Å². The first-order valence-electron chi connectivity index (χ1n) is 10.2. The van der Waals surface area contributed by atoms with Crippen molar-refractivity contribution in [3.05, 3.63) is 17.8 Å². The number of rotatable bonds is 3. The topological polar surface area (TPSA) is 77.8 Å². The van der Waals surface area contributed by atoms with Gasteiger partial charge in [0.1, 0.15) is 5.82 Å². The van der Waals surface area contributed by atoms with Crippen molar-refractivity contribution in [3.8, 4) is 0 Å². The molecular formula is C20H29BN4O2. The van der Waals surface area contributed by atoms with Crippen molar-refractivity contribution >= 4 is 30.2 Å². The van der Waals surface area contributed by atoms with Crippen molar-refractivity contribution in [2.45, 2.75) is 64.0 Å². The molecule has 3 heterocycles. The smallest absolute Gasteiger partial charge is 0.253 e. The Kier molecular flexibility index (Phi) is 4.97. The number of aliphatic hydroxyl groups is 1. The zero-order valence-electron chi connectivity index (χ0n) is 16.4. The molecule has 7 heteroatoms. The largest absolute Gasteiger partial charge is 0.390 e. The molecular weight excluding hydrogens is 339 g/mol. The van der Waals surface area contributed by atoms with E-state index in [0.29, 0.717) is 11.5 Å². The van der Waals surface area contributed by atoms with Gasteiger partial charge in [-0.2, -0.15) is 0 Å². The average molecular weight is 368 g/mol. The molecule has 2 aliphatic heterocycles. The predicted octanol–water partition coefficient (Wildman–Crippen LogP) is 1.30. The summed E-state index contributed by atoms with van der Waals surface area (Å²) in [6, 6.07) is 2.13. The van der Waals surface area contributed by atoms with E-state index < -0.39 is 5.60 Å². The van der Waals surface area contributed by atoms with Gasteiger partial charge in [-0.05, 0) is 69.8 Å². The lowest BCUT2D eigenvalue weighted by Gasteiger charge is -2.36. The number of aliphatic imine (C=N–C) groups is 1. The Morgan fingerprint density at radius 3 is 2.63 bits per heavy atom. The third-order valence-corrected chi connectivity index (χ3v) is 6.32. The Bertz CT molecular complexity index is 745. The van der Waals surface area contributed by atoms with Crippen LogP contribution in [0.1, 0.15) is 62.7 Å². The Labute approximate surface area is 161 Å². The highest BCUT2D eigenvalue weighted by Gasteiger charge is 2.32. The van der Waals surface area contributed by atoms with Crippen LogP contribution in [-0.4, -0.2) is 58.6 Å². The molecule has 6 nitrogen and oxygen atoms in total. The molecule has 2 N–H and O–H groups in total. The summed E-state index contributed by atoms with van der Waals surface area (Å²) in [5.74, 6) is 1.03. The maximum atomic E-state index is 12.7. The number of pyridine rings is 1. The van der Waals surface area contributed by atoms with Crippen molar-refractivity contribution in [2.75, 3.05) is 13.1 Å². The van der Waals surface area contributed by atoms with Crippen molar-refractivity contribution in [2.24, 2.45) is 10.9 Å². The maximum absolute atomic E-state index is 12.7. The number of hydrogen-bond donors (Lipinski definition) is 2. The number of fused-ring (bicyclic) bond motifs is 1. The molecule has 1 saturated heterocycles. The van der Waals surface area contributed by atoms with Gasteiger partial charge in [0, 0.05) is 25.3 Å². The fourth-order valence-electron chi connectivity index (χ4n) is 4.56. The van der Waals surface area contributed by atoms with Crippen LogP contribution in [0.2, 0.25) is 0 Å². The Hall–Kier alpha value is -1.89. The number of carbonyl (C=O) groups is 1. The third kappa shape index (κ3) is 4.03. The predicted molar refractivity (Wildman–Crippen MR) is 108 cm³/mol. The molecule has 0 aromatic carbocycles. The Morgan fingerprint density at radius 2 is 1.96 bits per heavy atom. The first-order chi connectivity index (χ1) is 12.9. The highest BCUT2D eigenvalue weighted by molar-refractivity contribution is 6.87. The molecule has 0 unspecified atom stereocenters. The van der Waals surface area contributed by atoms with E-state index >= 15 is 0 Å². The van der Waals surface area contributed by atoms with Crippen LogP contribution in [0.15, 0.2) is 17.3 Å². The summed E-state index contributed by atoms with van der Waals surface area (Å²) in [5, 5.41) is 13.3. The van der Waals surface area contributed by atoms with Gasteiger partial charge in [0.25, 0.3) is 5.91 Å². The first kappa shape index (κ1) is 18.5. The average Bonchev–Trinajstić information content (AvgIpc) is 3.30. The molecule has 144 valence electrons. The molecule has 1 aliphatic carbocycles. The SMILES string of the molecule is CC(C)(O)C1CCC(NC(=O)c2cnc3c(c2)BC(N2CCCC2)=N3)CC1. The fourth-order valence-corrected chi connectivity index (χ4v) is 4.56. The molecule has 1 amide bonds. The number of aromatic nitrogens is 1. The second-order valence-electron chi connectivity index (χ2n) is 8.78. The summed E-state index contributed by atoms with van der Waals surface area (Å²) in [6.45, 7) is 5.91. The van der Waals surface area contributed by atoms with Gasteiger partial charge in [-0.15, -0.1) is 0 Å². The van der Waals surface area contributed by atoms with Gasteiger partial charge in [0.05, 0.1) is 16.9 Å². The van der Waals surface area contributed by atoms with Gasteiger partial charge < -0.3 is 15.3 Å². The number of amides is 1. The van der Waals surface area contributed by atoms with Crippen molar-refractivity contribution in [1.29, 1.82) is 0 Å². The van der Waals surface area contributed by atoms with E-state index in [4.69, 9.17) is 0 Å². The zero-order chi connectivity index (χ0) is 19.0. The van der Waals surface area contributed by atoms with Gasteiger partial charge >= 0.3 is 0 Å². The van der Waals surface area contributed by atoms with Crippen LogP contribution in [-0.2, 0) is 0 Å². The van der Waals surface area contributed by atoms with Gasteiger partial charge in [-0.3, -0.25) is 4.79 Å². The number of likely N-dealkylation sites (tertiary alicyclic amines) is 1. The maximum Gasteiger partial charge on any atom is 0.253 e. The number of carbonyl (C=O) groups excluding carboxylic acids is 1. The molecule has 3 aliphatic rings. The minimum absolute atomic E-state index is 0.0494. The van der Waals surface area contributed by atoms with E-state index in [-0.39, 0.29) is 11.9 Å². The molecule has 4 rings (SSSR count). The van der Waals surface area contributed by atoms with E-state index in [1.165, 1.54) is 12.8 Å². The summed E-state index contributed by atoms with van der Waals surface area (Å²) in [7, 11) is 0.778. The van der Waals surface area contributed by atoms with Crippen LogP contribution in [0.4, 0.5) is 5.82 Å². The monoisotopic (exact) mass is 368 g/mol. The van der Waals surface area contributed by atoms with E-state index in [0.717, 1.165) is 63.1 Å². The lowest BCUT2D eigenvalue weighted by molar-refractivity contribution is -0.00257. The molecule has 1 aromatic rings. The molecule has 0 bridgehead atoms. The highest BCUT2D eigenvalue weighted by Crippen LogP contribution is 2.32. The number of nitrogens with zero attached hydrogens (tertiary/aromatic N) is 3. The van der Waals surface area contributed by atoms with Crippen LogP contribution in [0, 0.1) is 5.92 Å². The summed E-state index contributed by atoms with van der Waals surface area (Å²) >= 11 is 0. The molecule has 1 aromatic heterocycles. The number of hydrogen-bond acceptors (Lipinski definition) is 5. The lowest BCUT2D eigenvalue weighted by atomic mass is 9.70. The molecule has 2 fully saturated rings. The minimum atomic E-state index is -0.633. The third-order valence-electron chi connectivity index (χ3n) is 6.32. The number of nitrogens with one attached hydrogen (secondary N) is 1. The van der Waals surface area contributed by atoms with E-state index in [2.05, 4.69) is 20.2 Å². The molecule has 0 radical (unpaired) electrons. The van der Waals surface area contributed by atoms with Gasteiger partial charge in [-0.25, -0.2) is 9.98 Å². The molecule has 1 saturated carbocycles. The van der Waals surface area contributed by atoms with Gasteiger partial charge in [-0.1, -0.05) is 0 Å². The zero-order valence-corrected chi connectivity index (χ0v) is 16.4. The summed E-state index contributed by atoms with van der Waals surface area (Å²) in [4.78, 5) is 24.1. The van der Waals surface area contributed by atoms with Crippen molar-refractivity contribution < 1.29 is 9.90 Å². The van der Waals surface area contributed by atoms with Crippen LogP contribution in [0.3, 0.4) is 0 Å². The molecule has 0 atom stereocenters. The standard InChI is InChI=1S/C20H29BN4O2/c1-20(2,27)14-5-7-15(8-6-14)23-18(26)13-11-16-17(22-12-13)24-19(21-16)25-9-3-4-10-25/h11-12,14-15,21,27H,3-10H2,1-2H3,(H,23,26). The van der Waals surface area contributed by atoms with Crippen molar-refractivity contribution in [1.82, 2.24) is 15.2 Å². The summed E-state index contributed by atoms with van der Waals surface area (Å²) in [5.41, 5.74) is 2.13. The molecule has 27 heavy (non-hydrogen) atoms. The van der Waals surface area contributed by atoms with E-state index in [9.17, 15) is 9.90 Å². The van der Waals surface area contributed by atoms with Crippen LogP contribution >= 0.6 is 0 Å². The van der Waals surface area contributed by atoms with Crippen molar-refractivity contribution in [3.63, 3.8) is 0 Å². The first-order valence-corrected chi connectivity index (χ1v) is 10.2. The minimum Gasteiger partial charge on any atom is -0.390 e. The van der Waals surface area contributed by atoms with Gasteiger partial charge in [0.15, 0.2) is 0 Å². The van der Waals surface area contributed by atoms with E-state index in [1.807, 2.05) is 19.9 Å². The second kappa shape index (κ2) is 7.26. The second-order valence-corrected chi connectivity index (χ2v) is 8.78. The Balaban J connectivity index is 1.35. The van der Waals surface area contributed by atoms with Crippen LogP contribution in [0.5, 0.6) is 0 Å². The van der Waals surface area contributed by atoms with Gasteiger partial charge in [0.2, 0.25) is 7.28 Å². The van der Waals surface area contributed by atoms with E-state index in [1.54, 1.807) is 6.20 Å². The summed E-state index contributed by atoms with van der Waals surface area (Å²) in [6.07, 6.45) is 7.83. The Morgan fingerprint density at radius 1 is 1.26 bits per heavy atom. The summed E-state index contributed by atoms with van der Waals surface area (Å²) < 4.78 is 0. The lowest BCUT2D eigenvalue weighted by Crippen LogP contribution is -2.42. The highest BCUT2D eigenvalue weighted by atomic mass is 16.3. The fraction of sp³-hybridized carbons (Fsp3) is 0.650. The molecule has 0 spiro atoms. The normalized spacial score (nSPS) is 25.0. The number of amidine groups is 1. The quantitative estimate of drug-likeness (QED) is 0.789. The van der Waals surface area contributed by atoms with Crippen LogP contribution in [0.25, 0.3) is 0 Å².